The van der Waals surface area contributed by atoms with Crippen LogP contribution in [0.1, 0.15) is 23.7 Å². The Balaban J connectivity index is 1.61. The molecule has 0 bridgehead atoms. The van der Waals surface area contributed by atoms with E-state index in [0.29, 0.717) is 18.7 Å². The number of nitrogens with zero attached hydrogens (tertiary/aromatic N) is 3. The van der Waals surface area contributed by atoms with Gasteiger partial charge >= 0.3 is 0 Å². The average molecular weight is 359 g/mol. The maximum absolute atomic E-state index is 12.8. The van der Waals surface area contributed by atoms with E-state index in [0.717, 1.165) is 42.6 Å². The number of aromatic nitrogens is 1. The number of anilines is 2. The SMILES string of the molecule is CCCNc1cc(C(=O)N2CCN(c3cccc(Cl)c3)CC2)ccn1. The third kappa shape index (κ3) is 4.42. The van der Waals surface area contributed by atoms with Gasteiger partial charge in [-0.2, -0.15) is 0 Å². The molecule has 1 aromatic heterocycles. The second-order valence-corrected chi connectivity index (χ2v) is 6.55. The smallest absolute Gasteiger partial charge is 0.254 e. The molecule has 0 unspecified atom stereocenters. The van der Waals surface area contributed by atoms with E-state index in [9.17, 15) is 4.79 Å². The molecule has 0 saturated carbocycles. The van der Waals surface area contributed by atoms with Crippen molar-refractivity contribution in [1.29, 1.82) is 0 Å². The van der Waals surface area contributed by atoms with E-state index in [1.807, 2.05) is 29.2 Å². The molecule has 3 rings (SSSR count). The standard InChI is InChI=1S/C19H23ClN4O/c1-2-7-21-18-13-15(6-8-22-18)19(25)24-11-9-23(10-12-24)17-5-3-4-16(20)14-17/h3-6,8,13-14H,2,7,9-12H2,1H3,(H,21,22). The van der Waals surface area contributed by atoms with Crippen LogP contribution in [0.25, 0.3) is 0 Å². The number of hydrogen-bond donors (Lipinski definition) is 1. The first-order valence-corrected chi connectivity index (χ1v) is 9.05. The monoisotopic (exact) mass is 358 g/mol. The van der Waals surface area contributed by atoms with Crippen LogP contribution in [0.2, 0.25) is 5.02 Å². The number of hydrogen-bond acceptors (Lipinski definition) is 4. The molecule has 6 heteroatoms. The van der Waals surface area contributed by atoms with Crippen molar-refractivity contribution >= 4 is 29.0 Å². The van der Waals surface area contributed by atoms with E-state index in [-0.39, 0.29) is 5.91 Å². The first kappa shape index (κ1) is 17.5. The summed E-state index contributed by atoms with van der Waals surface area (Å²) in [4.78, 5) is 21.2. The maximum atomic E-state index is 12.8. The number of amides is 1. The van der Waals surface area contributed by atoms with Gasteiger partial charge in [-0.3, -0.25) is 4.79 Å². The van der Waals surface area contributed by atoms with E-state index in [1.165, 1.54) is 0 Å². The molecule has 1 saturated heterocycles. The van der Waals surface area contributed by atoms with Gasteiger partial charge in [-0.1, -0.05) is 24.6 Å². The molecule has 1 aliphatic rings. The molecule has 0 atom stereocenters. The lowest BCUT2D eigenvalue weighted by atomic mass is 10.2. The Labute approximate surface area is 153 Å². The van der Waals surface area contributed by atoms with Gasteiger partial charge in [0.05, 0.1) is 0 Å². The molecular weight excluding hydrogens is 336 g/mol. The number of pyridine rings is 1. The third-order valence-electron chi connectivity index (χ3n) is 4.30. The Bertz CT molecular complexity index is 729. The highest BCUT2D eigenvalue weighted by Gasteiger charge is 2.22. The fourth-order valence-corrected chi connectivity index (χ4v) is 3.12. The Morgan fingerprint density at radius 1 is 1.20 bits per heavy atom. The predicted molar refractivity (Wildman–Crippen MR) is 103 cm³/mol. The third-order valence-corrected chi connectivity index (χ3v) is 4.54. The summed E-state index contributed by atoms with van der Waals surface area (Å²) < 4.78 is 0. The minimum absolute atomic E-state index is 0.0627. The Morgan fingerprint density at radius 2 is 2.00 bits per heavy atom. The van der Waals surface area contributed by atoms with Crippen molar-refractivity contribution in [3.05, 3.63) is 53.2 Å². The lowest BCUT2D eigenvalue weighted by molar-refractivity contribution is 0.0746. The predicted octanol–water partition coefficient (Wildman–Crippen LogP) is 3.52. The summed E-state index contributed by atoms with van der Waals surface area (Å²) in [6, 6.07) is 11.5. The first-order chi connectivity index (χ1) is 12.2. The molecule has 1 aromatic carbocycles. The topological polar surface area (TPSA) is 48.5 Å². The fourth-order valence-electron chi connectivity index (χ4n) is 2.94. The molecule has 1 amide bonds. The normalized spacial score (nSPS) is 14.5. The van der Waals surface area contributed by atoms with Gasteiger partial charge in [0.1, 0.15) is 5.82 Å². The molecule has 132 valence electrons. The summed E-state index contributed by atoms with van der Waals surface area (Å²) >= 11 is 6.07. The van der Waals surface area contributed by atoms with Crippen molar-refractivity contribution in [3.63, 3.8) is 0 Å². The molecular formula is C19H23ClN4O. The molecule has 1 N–H and O–H groups in total. The maximum Gasteiger partial charge on any atom is 0.254 e. The van der Waals surface area contributed by atoms with Crippen molar-refractivity contribution < 1.29 is 4.79 Å². The lowest BCUT2D eigenvalue weighted by Gasteiger charge is -2.36. The zero-order valence-electron chi connectivity index (χ0n) is 14.4. The summed E-state index contributed by atoms with van der Waals surface area (Å²) in [5.74, 6) is 0.818. The molecule has 1 fully saturated rings. The molecule has 0 spiro atoms. The van der Waals surface area contributed by atoms with Gasteiger partial charge < -0.3 is 15.1 Å². The Morgan fingerprint density at radius 3 is 2.72 bits per heavy atom. The minimum atomic E-state index is 0.0627. The molecule has 2 aromatic rings. The van der Waals surface area contributed by atoms with Crippen LogP contribution in [-0.2, 0) is 0 Å². The van der Waals surface area contributed by atoms with Crippen LogP contribution in [0.4, 0.5) is 11.5 Å². The van der Waals surface area contributed by atoms with Crippen molar-refractivity contribution in [3.8, 4) is 0 Å². The zero-order chi connectivity index (χ0) is 17.6. The van der Waals surface area contributed by atoms with Crippen molar-refractivity contribution in [2.75, 3.05) is 42.9 Å². The molecule has 0 aliphatic carbocycles. The van der Waals surface area contributed by atoms with Crippen molar-refractivity contribution in [1.82, 2.24) is 9.88 Å². The first-order valence-electron chi connectivity index (χ1n) is 8.67. The Kier molecular flexibility index (Phi) is 5.76. The van der Waals surface area contributed by atoms with E-state index in [1.54, 1.807) is 12.3 Å². The largest absolute Gasteiger partial charge is 0.370 e. The van der Waals surface area contributed by atoms with Crippen LogP contribution in [0, 0.1) is 0 Å². The zero-order valence-corrected chi connectivity index (χ0v) is 15.2. The van der Waals surface area contributed by atoms with Gasteiger partial charge in [0.25, 0.3) is 5.91 Å². The van der Waals surface area contributed by atoms with Gasteiger partial charge in [-0.15, -0.1) is 0 Å². The van der Waals surface area contributed by atoms with E-state index in [2.05, 4.69) is 28.2 Å². The van der Waals surface area contributed by atoms with Gasteiger partial charge in [-0.05, 0) is 36.8 Å². The van der Waals surface area contributed by atoms with Gasteiger partial charge in [-0.25, -0.2) is 4.98 Å². The Hall–Kier alpha value is -2.27. The number of benzene rings is 1. The lowest BCUT2D eigenvalue weighted by Crippen LogP contribution is -2.48. The van der Waals surface area contributed by atoms with Crippen molar-refractivity contribution in [2.45, 2.75) is 13.3 Å². The molecule has 25 heavy (non-hydrogen) atoms. The van der Waals surface area contributed by atoms with Gasteiger partial charge in [0, 0.05) is 55.2 Å². The number of rotatable bonds is 5. The number of carbonyl (C=O) groups is 1. The number of piperazine rings is 1. The van der Waals surface area contributed by atoms with E-state index >= 15 is 0 Å². The van der Waals surface area contributed by atoms with Crippen LogP contribution in [0.3, 0.4) is 0 Å². The van der Waals surface area contributed by atoms with Crippen LogP contribution >= 0.6 is 11.6 Å². The summed E-state index contributed by atoms with van der Waals surface area (Å²) in [6.07, 6.45) is 2.71. The number of carbonyl (C=O) groups excluding carboxylic acids is 1. The van der Waals surface area contributed by atoms with E-state index < -0.39 is 0 Å². The quantitative estimate of drug-likeness (QED) is 0.888. The molecule has 5 nitrogen and oxygen atoms in total. The van der Waals surface area contributed by atoms with Crippen LogP contribution in [0.15, 0.2) is 42.6 Å². The van der Waals surface area contributed by atoms with Crippen LogP contribution in [-0.4, -0.2) is 48.5 Å². The molecule has 1 aliphatic heterocycles. The molecule has 2 heterocycles. The van der Waals surface area contributed by atoms with E-state index in [4.69, 9.17) is 11.6 Å². The fraction of sp³-hybridized carbons (Fsp3) is 0.368. The second kappa shape index (κ2) is 8.21. The van der Waals surface area contributed by atoms with Crippen molar-refractivity contribution in [2.24, 2.45) is 0 Å². The second-order valence-electron chi connectivity index (χ2n) is 6.12. The van der Waals surface area contributed by atoms with Crippen LogP contribution in [0.5, 0.6) is 0 Å². The van der Waals surface area contributed by atoms with Gasteiger partial charge in [0.15, 0.2) is 0 Å². The summed E-state index contributed by atoms with van der Waals surface area (Å²) in [7, 11) is 0. The molecule has 0 radical (unpaired) electrons. The highest BCUT2D eigenvalue weighted by molar-refractivity contribution is 6.30. The summed E-state index contributed by atoms with van der Waals surface area (Å²) in [6.45, 7) is 5.96. The minimum Gasteiger partial charge on any atom is -0.370 e. The summed E-state index contributed by atoms with van der Waals surface area (Å²) in [5, 5.41) is 3.96. The van der Waals surface area contributed by atoms with Gasteiger partial charge in [0.2, 0.25) is 0 Å². The summed E-state index contributed by atoms with van der Waals surface area (Å²) in [5.41, 5.74) is 1.79. The average Bonchev–Trinajstić information content (AvgIpc) is 2.66. The van der Waals surface area contributed by atoms with Crippen LogP contribution < -0.4 is 10.2 Å². The highest BCUT2D eigenvalue weighted by atomic mass is 35.5. The number of nitrogens with one attached hydrogen (secondary N) is 1. The highest BCUT2D eigenvalue weighted by Crippen LogP contribution is 2.21. The number of halogens is 1.